The van der Waals surface area contributed by atoms with Crippen molar-refractivity contribution in [2.45, 2.75) is 44.4 Å². The number of carbonyl (C=O) groups is 1. The van der Waals surface area contributed by atoms with Gasteiger partial charge in [0.1, 0.15) is 6.61 Å². The number of hydrogen-bond donors (Lipinski definition) is 1. The average molecular weight is 317 g/mol. The molecule has 1 heterocycles. The van der Waals surface area contributed by atoms with Gasteiger partial charge in [0.05, 0.1) is 0 Å². The first-order valence-corrected chi connectivity index (χ1v) is 8.69. The molecule has 1 aliphatic heterocycles. The number of ether oxygens (including phenoxy) is 1. The van der Waals surface area contributed by atoms with Gasteiger partial charge in [-0.25, -0.2) is 4.79 Å². The monoisotopic (exact) mass is 317 g/mol. The number of nitrogens with zero attached hydrogens (tertiary/aromatic N) is 2. The molecule has 1 saturated heterocycles. The van der Waals surface area contributed by atoms with Crippen LogP contribution in [0.1, 0.15) is 31.2 Å². The topological polar surface area (TPSA) is 58.8 Å². The maximum absolute atomic E-state index is 12.6. The molecule has 0 radical (unpaired) electrons. The molecule has 1 aliphatic carbocycles. The molecule has 3 rings (SSSR count). The molecule has 23 heavy (non-hydrogen) atoms. The van der Waals surface area contributed by atoms with Gasteiger partial charge in [0.25, 0.3) is 0 Å². The molecule has 126 valence electrons. The first-order valence-electron chi connectivity index (χ1n) is 8.69. The fourth-order valence-electron chi connectivity index (χ4n) is 3.39. The fourth-order valence-corrected chi connectivity index (χ4v) is 3.39. The molecule has 1 aromatic rings. The van der Waals surface area contributed by atoms with E-state index in [9.17, 15) is 4.79 Å². The van der Waals surface area contributed by atoms with E-state index < -0.39 is 0 Å². The van der Waals surface area contributed by atoms with Gasteiger partial charge < -0.3 is 20.3 Å². The lowest BCUT2D eigenvalue weighted by Gasteiger charge is -2.39. The van der Waals surface area contributed by atoms with E-state index in [0.29, 0.717) is 19.2 Å². The Morgan fingerprint density at radius 1 is 1.22 bits per heavy atom. The van der Waals surface area contributed by atoms with E-state index in [1.807, 2.05) is 35.2 Å². The third-order valence-electron chi connectivity index (χ3n) is 4.68. The van der Waals surface area contributed by atoms with Crippen molar-refractivity contribution in [1.82, 2.24) is 9.80 Å². The second-order valence-electron chi connectivity index (χ2n) is 6.56. The van der Waals surface area contributed by atoms with Crippen molar-refractivity contribution in [2.24, 2.45) is 5.73 Å². The second-order valence-corrected chi connectivity index (χ2v) is 6.56. The molecule has 2 fully saturated rings. The Morgan fingerprint density at radius 2 is 2.00 bits per heavy atom. The lowest BCUT2D eigenvalue weighted by atomic mass is 10.0. The summed E-state index contributed by atoms with van der Waals surface area (Å²) in [5, 5.41) is 0. The molecule has 0 unspecified atom stereocenters. The van der Waals surface area contributed by atoms with Crippen LogP contribution in [0.4, 0.5) is 4.79 Å². The van der Waals surface area contributed by atoms with Crippen LogP contribution in [0.2, 0.25) is 0 Å². The van der Waals surface area contributed by atoms with E-state index in [4.69, 9.17) is 10.5 Å². The molecule has 0 aromatic heterocycles. The maximum Gasteiger partial charge on any atom is 0.410 e. The van der Waals surface area contributed by atoms with Crippen molar-refractivity contribution in [3.8, 4) is 0 Å². The van der Waals surface area contributed by atoms with Crippen molar-refractivity contribution >= 4 is 6.09 Å². The van der Waals surface area contributed by atoms with Crippen molar-refractivity contribution in [3.63, 3.8) is 0 Å². The molecule has 5 heteroatoms. The van der Waals surface area contributed by atoms with Gasteiger partial charge in [-0.05, 0) is 37.8 Å². The zero-order chi connectivity index (χ0) is 16.1. The Labute approximate surface area is 138 Å². The van der Waals surface area contributed by atoms with Crippen LogP contribution in [0, 0.1) is 0 Å². The number of amides is 1. The highest BCUT2D eigenvalue weighted by Gasteiger charge is 2.39. The summed E-state index contributed by atoms with van der Waals surface area (Å²) in [6.07, 6.45) is 4.25. The SMILES string of the molecule is NCCN1CCC[C@@H](N(C(=O)OCc2ccccc2)C2CC2)C1. The summed E-state index contributed by atoms with van der Waals surface area (Å²) >= 11 is 0. The number of carbonyl (C=O) groups excluding carboxylic acids is 1. The van der Waals surface area contributed by atoms with Crippen LogP contribution in [0.15, 0.2) is 30.3 Å². The number of nitrogens with two attached hydrogens (primary N) is 1. The number of likely N-dealkylation sites (tertiary alicyclic amines) is 1. The summed E-state index contributed by atoms with van der Waals surface area (Å²) in [6.45, 7) is 3.95. The summed E-state index contributed by atoms with van der Waals surface area (Å²) in [4.78, 5) is 17.0. The maximum atomic E-state index is 12.6. The quantitative estimate of drug-likeness (QED) is 0.874. The minimum Gasteiger partial charge on any atom is -0.445 e. The van der Waals surface area contributed by atoms with Crippen LogP contribution in [-0.2, 0) is 11.3 Å². The zero-order valence-corrected chi connectivity index (χ0v) is 13.7. The summed E-state index contributed by atoms with van der Waals surface area (Å²) in [5.74, 6) is 0. The Bertz CT molecular complexity index is 502. The van der Waals surface area contributed by atoms with Gasteiger partial charge in [-0.3, -0.25) is 0 Å². The van der Waals surface area contributed by atoms with Crippen LogP contribution in [0.3, 0.4) is 0 Å². The lowest BCUT2D eigenvalue weighted by molar-refractivity contribution is 0.0531. The highest BCUT2D eigenvalue weighted by Crippen LogP contribution is 2.32. The summed E-state index contributed by atoms with van der Waals surface area (Å²) in [7, 11) is 0. The highest BCUT2D eigenvalue weighted by atomic mass is 16.6. The van der Waals surface area contributed by atoms with Gasteiger partial charge in [0.2, 0.25) is 0 Å². The smallest absolute Gasteiger partial charge is 0.410 e. The minimum absolute atomic E-state index is 0.157. The van der Waals surface area contributed by atoms with Gasteiger partial charge >= 0.3 is 6.09 Å². The Morgan fingerprint density at radius 3 is 2.70 bits per heavy atom. The molecule has 0 spiro atoms. The van der Waals surface area contributed by atoms with Gasteiger partial charge in [-0.1, -0.05) is 30.3 Å². The third kappa shape index (κ3) is 4.45. The first kappa shape index (κ1) is 16.3. The van der Waals surface area contributed by atoms with E-state index in [-0.39, 0.29) is 12.1 Å². The van der Waals surface area contributed by atoms with E-state index in [0.717, 1.165) is 50.9 Å². The van der Waals surface area contributed by atoms with E-state index in [1.165, 1.54) is 0 Å². The van der Waals surface area contributed by atoms with Crippen molar-refractivity contribution < 1.29 is 9.53 Å². The summed E-state index contributed by atoms with van der Waals surface area (Å²) < 4.78 is 5.58. The van der Waals surface area contributed by atoms with Crippen molar-refractivity contribution in [2.75, 3.05) is 26.2 Å². The Hall–Kier alpha value is -1.59. The molecule has 0 bridgehead atoms. The van der Waals surface area contributed by atoms with Crippen LogP contribution in [-0.4, -0.2) is 54.2 Å². The lowest BCUT2D eigenvalue weighted by Crippen LogP contribution is -2.52. The Balaban J connectivity index is 1.58. The van der Waals surface area contributed by atoms with Gasteiger partial charge in [-0.2, -0.15) is 0 Å². The molecule has 1 amide bonds. The molecular weight excluding hydrogens is 290 g/mol. The molecule has 2 N–H and O–H groups in total. The van der Waals surface area contributed by atoms with E-state index in [2.05, 4.69) is 4.90 Å². The zero-order valence-electron chi connectivity index (χ0n) is 13.7. The fraction of sp³-hybridized carbons (Fsp3) is 0.611. The number of rotatable bonds is 6. The van der Waals surface area contributed by atoms with E-state index >= 15 is 0 Å². The largest absolute Gasteiger partial charge is 0.445 e. The summed E-state index contributed by atoms with van der Waals surface area (Å²) in [5.41, 5.74) is 6.71. The Kier molecular flexibility index (Phi) is 5.51. The molecule has 5 nitrogen and oxygen atoms in total. The molecule has 1 atom stereocenters. The molecule has 2 aliphatic rings. The predicted molar refractivity (Wildman–Crippen MR) is 90.0 cm³/mol. The minimum atomic E-state index is -0.157. The van der Waals surface area contributed by atoms with Gasteiger partial charge in [0.15, 0.2) is 0 Å². The van der Waals surface area contributed by atoms with Crippen LogP contribution in [0.25, 0.3) is 0 Å². The standard InChI is InChI=1S/C18H27N3O2/c19-10-12-20-11-4-7-17(13-20)21(16-8-9-16)18(22)23-14-15-5-2-1-3-6-15/h1-3,5-6,16-17H,4,7-14,19H2/t17-/m1/s1. The molecule has 1 saturated carbocycles. The predicted octanol–water partition coefficient (Wildman–Crippen LogP) is 2.21. The van der Waals surface area contributed by atoms with Gasteiger partial charge in [0, 0.05) is 31.7 Å². The number of hydrogen-bond acceptors (Lipinski definition) is 4. The van der Waals surface area contributed by atoms with Crippen LogP contribution in [0.5, 0.6) is 0 Å². The van der Waals surface area contributed by atoms with Crippen molar-refractivity contribution in [1.29, 1.82) is 0 Å². The van der Waals surface area contributed by atoms with Crippen LogP contribution >= 0.6 is 0 Å². The molecular formula is C18H27N3O2. The summed E-state index contributed by atoms with van der Waals surface area (Å²) in [6, 6.07) is 10.5. The van der Waals surface area contributed by atoms with E-state index in [1.54, 1.807) is 0 Å². The molecule has 1 aromatic carbocycles. The average Bonchev–Trinajstić information content (AvgIpc) is 3.40. The van der Waals surface area contributed by atoms with Crippen molar-refractivity contribution in [3.05, 3.63) is 35.9 Å². The number of benzene rings is 1. The highest BCUT2D eigenvalue weighted by molar-refractivity contribution is 5.69. The second kappa shape index (κ2) is 7.79. The number of piperidine rings is 1. The van der Waals surface area contributed by atoms with Crippen LogP contribution < -0.4 is 5.73 Å². The first-order chi connectivity index (χ1) is 11.3. The van der Waals surface area contributed by atoms with Gasteiger partial charge in [-0.15, -0.1) is 0 Å². The normalized spacial score (nSPS) is 21.9. The third-order valence-corrected chi connectivity index (χ3v) is 4.68.